The van der Waals surface area contributed by atoms with E-state index in [4.69, 9.17) is 0 Å². The predicted molar refractivity (Wildman–Crippen MR) is 95.4 cm³/mol. The van der Waals surface area contributed by atoms with Gasteiger partial charge in [0.05, 0.1) is 0 Å². The number of hydrogen-bond acceptors (Lipinski definition) is 2. The summed E-state index contributed by atoms with van der Waals surface area (Å²) in [7, 11) is 0. The molecule has 0 aromatic rings. The van der Waals surface area contributed by atoms with Crippen LogP contribution < -0.4 is 0 Å². The van der Waals surface area contributed by atoms with Crippen molar-refractivity contribution < 1.29 is 9.59 Å². The Labute approximate surface area is 146 Å². The fraction of sp³-hybridized carbons (Fsp3) is 0.818. The zero-order chi connectivity index (χ0) is 17.3. The van der Waals surface area contributed by atoms with E-state index in [1.165, 1.54) is 31.3 Å². The van der Waals surface area contributed by atoms with Crippen LogP contribution in [0.3, 0.4) is 0 Å². The van der Waals surface area contributed by atoms with Crippen molar-refractivity contribution in [3.8, 4) is 0 Å². The number of carbonyl (C=O) groups is 2. The van der Waals surface area contributed by atoms with E-state index in [1.807, 2.05) is 13.0 Å². The molecule has 0 heterocycles. The summed E-state index contributed by atoms with van der Waals surface area (Å²) in [5, 5.41) is 0. The van der Waals surface area contributed by atoms with Crippen molar-refractivity contribution in [1.29, 1.82) is 0 Å². The van der Waals surface area contributed by atoms with Crippen LogP contribution in [0.15, 0.2) is 11.6 Å². The summed E-state index contributed by atoms with van der Waals surface area (Å²) in [6.07, 6.45) is 10.2. The Balaban J connectivity index is 1.68. The van der Waals surface area contributed by atoms with Crippen molar-refractivity contribution in [2.75, 3.05) is 0 Å². The van der Waals surface area contributed by atoms with Gasteiger partial charge in [-0.2, -0.15) is 0 Å². The van der Waals surface area contributed by atoms with Gasteiger partial charge in [0.15, 0.2) is 5.78 Å². The lowest BCUT2D eigenvalue weighted by Crippen LogP contribution is -2.51. The van der Waals surface area contributed by atoms with Gasteiger partial charge in [-0.15, -0.1) is 0 Å². The Morgan fingerprint density at radius 1 is 1.12 bits per heavy atom. The molecule has 3 fully saturated rings. The third kappa shape index (κ3) is 2.07. The van der Waals surface area contributed by atoms with Gasteiger partial charge in [0, 0.05) is 11.8 Å². The molecule has 0 N–H and O–H groups in total. The third-order valence-corrected chi connectivity index (χ3v) is 8.76. The Bertz CT molecular complexity index is 617. The molecule has 2 heteroatoms. The number of allylic oxidation sites excluding steroid dienone is 1. The predicted octanol–water partition coefficient (Wildman–Crippen LogP) is 4.97. The normalized spacial score (nSPS) is 50.6. The van der Waals surface area contributed by atoms with Crippen molar-refractivity contribution in [3.63, 3.8) is 0 Å². The Kier molecular flexibility index (Phi) is 3.64. The molecule has 132 valence electrons. The minimum atomic E-state index is 0.180. The van der Waals surface area contributed by atoms with Gasteiger partial charge in [-0.3, -0.25) is 9.59 Å². The molecule has 0 saturated heterocycles. The molecule has 0 amide bonds. The van der Waals surface area contributed by atoms with Crippen molar-refractivity contribution in [2.45, 2.75) is 72.6 Å². The summed E-state index contributed by atoms with van der Waals surface area (Å²) >= 11 is 0. The van der Waals surface area contributed by atoms with Crippen LogP contribution in [0.25, 0.3) is 0 Å². The van der Waals surface area contributed by atoms with Gasteiger partial charge in [-0.05, 0) is 86.5 Å². The highest BCUT2D eigenvalue weighted by Crippen LogP contribution is 2.66. The maximum Gasteiger partial charge on any atom is 0.158 e. The summed E-state index contributed by atoms with van der Waals surface area (Å²) in [6, 6.07) is 0. The van der Waals surface area contributed by atoms with E-state index in [9.17, 15) is 9.59 Å². The molecule has 0 unspecified atom stereocenters. The van der Waals surface area contributed by atoms with E-state index in [1.54, 1.807) is 0 Å². The summed E-state index contributed by atoms with van der Waals surface area (Å²) in [6.45, 7) is 8.77. The molecule has 0 aliphatic heterocycles. The fourth-order valence-corrected chi connectivity index (χ4v) is 7.56. The zero-order valence-corrected chi connectivity index (χ0v) is 15.7. The van der Waals surface area contributed by atoms with Gasteiger partial charge in [0.1, 0.15) is 5.78 Å². The number of hydrogen-bond donors (Lipinski definition) is 0. The first-order valence-electron chi connectivity index (χ1n) is 10.0. The molecular formula is C22H32O2. The maximum atomic E-state index is 12.2. The number of carbonyl (C=O) groups excluding carboxylic acids is 2. The Morgan fingerprint density at radius 2 is 1.88 bits per heavy atom. The molecule has 4 rings (SSSR count). The molecule has 7 atom stereocenters. The molecule has 3 saturated carbocycles. The lowest BCUT2D eigenvalue weighted by Gasteiger charge is -2.58. The molecule has 0 radical (unpaired) electrons. The van der Waals surface area contributed by atoms with Crippen LogP contribution in [0.5, 0.6) is 0 Å². The van der Waals surface area contributed by atoms with E-state index in [2.05, 4.69) is 20.8 Å². The minimum absolute atomic E-state index is 0.180. The smallest absolute Gasteiger partial charge is 0.158 e. The molecule has 2 nitrogen and oxygen atoms in total. The van der Waals surface area contributed by atoms with Gasteiger partial charge in [-0.25, -0.2) is 0 Å². The van der Waals surface area contributed by atoms with Gasteiger partial charge < -0.3 is 0 Å². The quantitative estimate of drug-likeness (QED) is 0.681. The average molecular weight is 328 g/mol. The van der Waals surface area contributed by atoms with Crippen molar-refractivity contribution in [1.82, 2.24) is 0 Å². The number of rotatable bonds is 1. The lowest BCUT2D eigenvalue weighted by molar-refractivity contribution is -0.129. The van der Waals surface area contributed by atoms with Gasteiger partial charge in [0.2, 0.25) is 0 Å². The molecule has 0 aromatic carbocycles. The van der Waals surface area contributed by atoms with Crippen molar-refractivity contribution in [2.24, 2.45) is 40.4 Å². The summed E-state index contributed by atoms with van der Waals surface area (Å²) < 4.78 is 0. The maximum absolute atomic E-state index is 12.2. The summed E-state index contributed by atoms with van der Waals surface area (Å²) in [5.74, 6) is 3.43. The van der Waals surface area contributed by atoms with Crippen LogP contribution >= 0.6 is 0 Å². The van der Waals surface area contributed by atoms with Gasteiger partial charge in [-0.1, -0.05) is 26.3 Å². The number of Topliss-reactive ketones (excluding diaryl/α,β-unsaturated/α-hetero) is 1. The van der Waals surface area contributed by atoms with E-state index in [-0.39, 0.29) is 16.7 Å². The molecule has 4 aliphatic carbocycles. The second kappa shape index (κ2) is 5.29. The topological polar surface area (TPSA) is 34.1 Å². The van der Waals surface area contributed by atoms with E-state index in [0.717, 1.165) is 37.0 Å². The molecule has 24 heavy (non-hydrogen) atoms. The molecule has 0 aromatic heterocycles. The highest BCUT2D eigenvalue weighted by Gasteiger charge is 2.60. The number of fused-ring (bicyclic) bond motifs is 5. The van der Waals surface area contributed by atoms with Gasteiger partial charge in [0.25, 0.3) is 0 Å². The van der Waals surface area contributed by atoms with E-state index in [0.29, 0.717) is 17.5 Å². The van der Waals surface area contributed by atoms with Gasteiger partial charge >= 0.3 is 0 Å². The second-order valence-electron chi connectivity index (χ2n) is 9.80. The highest BCUT2D eigenvalue weighted by molar-refractivity contribution is 5.93. The fourth-order valence-electron chi connectivity index (χ4n) is 7.56. The Hall–Kier alpha value is -0.920. The Morgan fingerprint density at radius 3 is 2.58 bits per heavy atom. The lowest BCUT2D eigenvalue weighted by atomic mass is 9.46. The van der Waals surface area contributed by atoms with E-state index < -0.39 is 0 Å². The zero-order valence-electron chi connectivity index (χ0n) is 15.7. The third-order valence-electron chi connectivity index (χ3n) is 8.76. The number of ketones is 2. The molecule has 4 aliphatic rings. The van der Waals surface area contributed by atoms with Crippen LogP contribution in [-0.4, -0.2) is 11.6 Å². The first kappa shape index (κ1) is 16.5. The highest BCUT2D eigenvalue weighted by atomic mass is 16.1. The minimum Gasteiger partial charge on any atom is -0.300 e. The van der Waals surface area contributed by atoms with Crippen LogP contribution in [0, 0.1) is 40.4 Å². The first-order valence-corrected chi connectivity index (χ1v) is 10.0. The van der Waals surface area contributed by atoms with Crippen LogP contribution in [-0.2, 0) is 9.59 Å². The monoisotopic (exact) mass is 328 g/mol. The van der Waals surface area contributed by atoms with E-state index >= 15 is 0 Å². The summed E-state index contributed by atoms with van der Waals surface area (Å²) in [5.41, 5.74) is 1.91. The molecular weight excluding hydrogens is 296 g/mol. The van der Waals surface area contributed by atoms with Crippen molar-refractivity contribution in [3.05, 3.63) is 11.6 Å². The first-order chi connectivity index (χ1) is 11.3. The SMILES string of the molecule is CC(=O)[C@H]1CC[C@H]2[C@@H]3CCC4=CC(=O)[C@@H](C)C[C@]4(C)[C@H]3CC[C@]12C. The van der Waals surface area contributed by atoms with Crippen LogP contribution in [0.4, 0.5) is 0 Å². The second-order valence-corrected chi connectivity index (χ2v) is 9.80. The largest absolute Gasteiger partial charge is 0.300 e. The van der Waals surface area contributed by atoms with Crippen LogP contribution in [0.1, 0.15) is 72.6 Å². The summed E-state index contributed by atoms with van der Waals surface area (Å²) in [4.78, 5) is 24.4. The van der Waals surface area contributed by atoms with Crippen LogP contribution in [0.2, 0.25) is 0 Å². The standard InChI is InChI=1S/C22H32O2/c1-13-12-22(4)15(11-20(13)24)5-6-16-18-8-7-17(14(2)23)21(18,3)10-9-19(16)22/h11,13,16-19H,5-10,12H2,1-4H3/t13-,16-,17+,18-,19-,21+,22-/m0/s1. The average Bonchev–Trinajstić information content (AvgIpc) is 2.86. The van der Waals surface area contributed by atoms with Crippen molar-refractivity contribution >= 4 is 11.6 Å². The molecule has 0 spiro atoms. The molecule has 0 bridgehead atoms.